The lowest BCUT2D eigenvalue weighted by atomic mass is 10.0. The molecule has 0 saturated carbocycles. The number of aromatic nitrogens is 5. The van der Waals surface area contributed by atoms with Gasteiger partial charge in [0.05, 0.1) is 12.0 Å². The molecule has 6 nitrogen and oxygen atoms in total. The molecule has 0 amide bonds. The second-order valence-electron chi connectivity index (χ2n) is 7.09. The molecule has 0 aliphatic carbocycles. The van der Waals surface area contributed by atoms with E-state index < -0.39 is 0 Å². The van der Waals surface area contributed by atoms with Gasteiger partial charge in [0.1, 0.15) is 11.6 Å². The van der Waals surface area contributed by atoms with E-state index in [0.717, 1.165) is 53.5 Å². The molecule has 3 aromatic heterocycles. The smallest absolute Gasteiger partial charge is 0.130 e. The van der Waals surface area contributed by atoms with Gasteiger partial charge < -0.3 is 9.88 Å². The van der Waals surface area contributed by atoms with Crippen molar-refractivity contribution in [3.63, 3.8) is 0 Å². The summed E-state index contributed by atoms with van der Waals surface area (Å²) in [6, 6.07) is 12.6. The summed E-state index contributed by atoms with van der Waals surface area (Å²) in [6.07, 6.45) is 10.3. The van der Waals surface area contributed by atoms with Crippen LogP contribution in [0.1, 0.15) is 17.8 Å². The van der Waals surface area contributed by atoms with E-state index in [1.54, 1.807) is 6.20 Å². The van der Waals surface area contributed by atoms with Gasteiger partial charge in [-0.05, 0) is 31.9 Å². The van der Waals surface area contributed by atoms with Gasteiger partial charge in [-0.25, -0.2) is 15.0 Å². The lowest BCUT2D eigenvalue weighted by Gasteiger charge is -2.10. The van der Waals surface area contributed by atoms with Gasteiger partial charge in [-0.2, -0.15) is 0 Å². The van der Waals surface area contributed by atoms with Crippen LogP contribution in [0, 0.1) is 13.8 Å². The molecule has 0 bridgehead atoms. The molecule has 0 aliphatic heterocycles. The summed E-state index contributed by atoms with van der Waals surface area (Å²) in [5, 5.41) is 3.41. The average Bonchev–Trinajstić information content (AvgIpc) is 3.25. The number of imidazole rings is 1. The molecule has 0 atom stereocenters. The van der Waals surface area contributed by atoms with Crippen molar-refractivity contribution in [2.75, 3.05) is 11.9 Å². The first kappa shape index (κ1) is 18.8. The zero-order valence-electron chi connectivity index (χ0n) is 16.7. The van der Waals surface area contributed by atoms with Gasteiger partial charge in [-0.3, -0.25) is 4.98 Å². The number of hydrogen-bond donors (Lipinski definition) is 1. The van der Waals surface area contributed by atoms with Crippen LogP contribution in [0.2, 0.25) is 0 Å². The maximum absolute atomic E-state index is 4.62. The standard InChI is InChI=1S/C23H24N6/c1-17-4-6-19(7-5-17)20-12-21(15-25-14-20)22-13-23(28-18(2)27-22)26-8-3-10-29-11-9-24-16-29/h4-7,9,11-16H,3,8,10H2,1-2H3,(H,26,27,28). The molecule has 1 N–H and O–H groups in total. The van der Waals surface area contributed by atoms with Crippen LogP contribution < -0.4 is 5.32 Å². The minimum absolute atomic E-state index is 0.736. The Balaban J connectivity index is 1.49. The third kappa shape index (κ3) is 4.85. The van der Waals surface area contributed by atoms with Crippen molar-refractivity contribution in [3.8, 4) is 22.4 Å². The molecule has 0 aliphatic rings. The molecule has 0 radical (unpaired) electrons. The van der Waals surface area contributed by atoms with E-state index in [1.165, 1.54) is 5.56 Å². The predicted octanol–water partition coefficient (Wildman–Crippen LogP) is 4.52. The van der Waals surface area contributed by atoms with Gasteiger partial charge in [-0.15, -0.1) is 0 Å². The SMILES string of the molecule is Cc1ccc(-c2cncc(-c3cc(NCCCn4ccnc4)nc(C)n3)c2)cc1. The van der Waals surface area contributed by atoms with Crippen LogP contribution in [0.3, 0.4) is 0 Å². The summed E-state index contributed by atoms with van der Waals surface area (Å²) in [6.45, 7) is 5.76. The van der Waals surface area contributed by atoms with E-state index in [4.69, 9.17) is 0 Å². The normalized spacial score (nSPS) is 10.8. The van der Waals surface area contributed by atoms with Crippen LogP contribution in [0.4, 0.5) is 5.82 Å². The Hall–Kier alpha value is -3.54. The van der Waals surface area contributed by atoms with Crippen LogP contribution in [0.5, 0.6) is 0 Å². The lowest BCUT2D eigenvalue weighted by molar-refractivity contribution is 0.660. The van der Waals surface area contributed by atoms with Crippen molar-refractivity contribution in [3.05, 3.63) is 78.9 Å². The number of nitrogens with one attached hydrogen (secondary N) is 1. The van der Waals surface area contributed by atoms with Gasteiger partial charge in [0.25, 0.3) is 0 Å². The number of benzene rings is 1. The summed E-state index contributed by atoms with van der Waals surface area (Å²) in [4.78, 5) is 17.6. The van der Waals surface area contributed by atoms with E-state index in [-0.39, 0.29) is 0 Å². The molecule has 4 aromatic rings. The number of hydrogen-bond acceptors (Lipinski definition) is 5. The monoisotopic (exact) mass is 384 g/mol. The Morgan fingerprint density at radius 1 is 0.897 bits per heavy atom. The van der Waals surface area contributed by atoms with E-state index in [1.807, 2.05) is 37.9 Å². The molecule has 0 spiro atoms. The highest BCUT2D eigenvalue weighted by atomic mass is 15.0. The third-order valence-corrected chi connectivity index (χ3v) is 4.72. The molecule has 29 heavy (non-hydrogen) atoms. The summed E-state index contributed by atoms with van der Waals surface area (Å²) in [5.41, 5.74) is 5.32. The maximum Gasteiger partial charge on any atom is 0.130 e. The molecule has 4 rings (SSSR count). The van der Waals surface area contributed by atoms with Crippen molar-refractivity contribution in [1.29, 1.82) is 0 Å². The van der Waals surface area contributed by atoms with Crippen molar-refractivity contribution >= 4 is 5.82 Å². The van der Waals surface area contributed by atoms with Gasteiger partial charge in [0.15, 0.2) is 0 Å². The molecule has 3 heterocycles. The summed E-state index contributed by atoms with van der Waals surface area (Å²) in [5.74, 6) is 1.57. The number of rotatable bonds is 7. The molecule has 0 unspecified atom stereocenters. The first-order chi connectivity index (χ1) is 14.2. The summed E-state index contributed by atoms with van der Waals surface area (Å²) >= 11 is 0. The van der Waals surface area contributed by atoms with Crippen LogP contribution in [-0.4, -0.2) is 31.0 Å². The Morgan fingerprint density at radius 3 is 2.52 bits per heavy atom. The van der Waals surface area contributed by atoms with Crippen molar-refractivity contribution in [2.45, 2.75) is 26.8 Å². The molecular weight excluding hydrogens is 360 g/mol. The highest BCUT2D eigenvalue weighted by Crippen LogP contribution is 2.25. The summed E-state index contributed by atoms with van der Waals surface area (Å²) < 4.78 is 2.07. The van der Waals surface area contributed by atoms with Crippen molar-refractivity contribution in [1.82, 2.24) is 24.5 Å². The van der Waals surface area contributed by atoms with E-state index in [0.29, 0.717) is 0 Å². The molecule has 0 fully saturated rings. The Bertz CT molecular complexity index is 1070. The van der Waals surface area contributed by atoms with E-state index in [2.05, 4.69) is 67.1 Å². The van der Waals surface area contributed by atoms with Gasteiger partial charge in [-0.1, -0.05) is 29.8 Å². The Morgan fingerprint density at radius 2 is 1.72 bits per heavy atom. The van der Waals surface area contributed by atoms with Crippen LogP contribution >= 0.6 is 0 Å². The minimum atomic E-state index is 0.736. The fourth-order valence-electron chi connectivity index (χ4n) is 3.19. The van der Waals surface area contributed by atoms with Gasteiger partial charge >= 0.3 is 0 Å². The Kier molecular flexibility index (Phi) is 5.61. The number of nitrogens with zero attached hydrogens (tertiary/aromatic N) is 5. The van der Waals surface area contributed by atoms with Crippen LogP contribution in [0.25, 0.3) is 22.4 Å². The third-order valence-electron chi connectivity index (χ3n) is 4.72. The predicted molar refractivity (Wildman–Crippen MR) is 116 cm³/mol. The second-order valence-corrected chi connectivity index (χ2v) is 7.09. The highest BCUT2D eigenvalue weighted by Gasteiger charge is 2.07. The second kappa shape index (κ2) is 8.65. The first-order valence-corrected chi connectivity index (χ1v) is 9.75. The first-order valence-electron chi connectivity index (χ1n) is 9.75. The fourth-order valence-corrected chi connectivity index (χ4v) is 3.19. The van der Waals surface area contributed by atoms with Crippen LogP contribution in [0.15, 0.2) is 67.5 Å². The van der Waals surface area contributed by atoms with Gasteiger partial charge in [0, 0.05) is 55.1 Å². The molecule has 6 heteroatoms. The maximum atomic E-state index is 4.62. The van der Waals surface area contributed by atoms with Crippen molar-refractivity contribution < 1.29 is 0 Å². The Labute approximate surface area is 170 Å². The zero-order valence-corrected chi connectivity index (χ0v) is 16.7. The average molecular weight is 384 g/mol. The number of anilines is 1. The lowest BCUT2D eigenvalue weighted by Crippen LogP contribution is -2.08. The molecule has 146 valence electrons. The quantitative estimate of drug-likeness (QED) is 0.475. The van der Waals surface area contributed by atoms with Gasteiger partial charge in [0.2, 0.25) is 0 Å². The van der Waals surface area contributed by atoms with E-state index >= 15 is 0 Å². The van der Waals surface area contributed by atoms with Crippen LogP contribution in [-0.2, 0) is 6.54 Å². The van der Waals surface area contributed by atoms with Crippen molar-refractivity contribution in [2.24, 2.45) is 0 Å². The highest BCUT2D eigenvalue weighted by molar-refractivity contribution is 5.71. The molecule has 1 aromatic carbocycles. The largest absolute Gasteiger partial charge is 0.370 e. The number of aryl methyl sites for hydroxylation is 3. The van der Waals surface area contributed by atoms with E-state index in [9.17, 15) is 0 Å². The molecular formula is C23H24N6. The summed E-state index contributed by atoms with van der Waals surface area (Å²) in [7, 11) is 0. The zero-order chi connectivity index (χ0) is 20.1. The fraction of sp³-hybridized carbons (Fsp3) is 0.217. The minimum Gasteiger partial charge on any atom is -0.370 e. The molecule has 0 saturated heterocycles. The topological polar surface area (TPSA) is 68.5 Å². The number of pyridine rings is 1.